The van der Waals surface area contributed by atoms with Gasteiger partial charge in [-0.3, -0.25) is 24.0 Å². The summed E-state index contributed by atoms with van der Waals surface area (Å²) in [5, 5.41) is 40.6. The molecule has 0 radical (unpaired) electrons. The smallest absolute Gasteiger partial charge is 0.329 e. The van der Waals surface area contributed by atoms with E-state index in [1.165, 1.54) is 18.3 Å². The molecule has 2 saturated heterocycles. The Labute approximate surface area is 721 Å². The van der Waals surface area contributed by atoms with Crippen molar-refractivity contribution in [2.75, 3.05) is 138 Å². The number of nitrogens with two attached hydrogens (primary N) is 2. The number of benzene rings is 2. The number of fused-ring (bicyclic) bond motifs is 6. The van der Waals surface area contributed by atoms with Crippen LogP contribution in [0.25, 0.3) is 33.4 Å². The molecular formula is C91H131N9O23. The van der Waals surface area contributed by atoms with Crippen molar-refractivity contribution in [3.05, 3.63) is 107 Å². The molecule has 4 aliphatic heterocycles. The van der Waals surface area contributed by atoms with E-state index in [-0.39, 0.29) is 94.8 Å². The molecule has 3 fully saturated rings. The standard InChI is InChI=1S/C91H131N9O23/c1-57-17-12-11-13-18-58(2)74(110-8)51-69-26-21-63(7)91(109,123-69)85(106)88(107)99-30-15-14-19-71(99)89(108)121-76(60(4)47-64-23-27-72(101)77(49-64)111-9)52-75(59(3)46-62(6)83(105)84(112-10)82(104)61(5)45-57)120-79(103)20-16-32-113-33-34-114-35-36-115-37-38-116-39-40-117-41-42-118-43-44-119-55-78(102)98-31-29-66-48-65(22-24-68(66)54-98)53-100-87-80(86(92)94-56-95-87)81(97-100)67-25-28-73-70(50-67)96-90(93)122-73/h11-13,17-18,22,24-25,28,46,48,50,56-57,59-61,63-64,69,71-72,74-77,83-84,101,105,109H,14-16,19-21,23,26-27,29-45,47,49,51-55H2,1-10H3,(H2,93,96)(H2,92,94,95)/b13-11+,17-12+,58-18+,62-46+/t57-,59-,60-,61-,63-,64+,69+,71+,72-,74+,75-,76+,77-,83-,84+,91-/m1/s1. The second-order valence-corrected chi connectivity index (χ2v) is 33.5. The summed E-state index contributed by atoms with van der Waals surface area (Å²) >= 11 is 0. The Morgan fingerprint density at radius 2 is 1.41 bits per heavy atom. The van der Waals surface area contributed by atoms with Crippen LogP contribution < -0.4 is 11.5 Å². The van der Waals surface area contributed by atoms with Crippen LogP contribution in [-0.4, -0.2) is 273 Å². The van der Waals surface area contributed by atoms with Gasteiger partial charge in [0.05, 0.1) is 116 Å². The van der Waals surface area contributed by atoms with Gasteiger partial charge in [-0.1, -0.05) is 89.3 Å². The van der Waals surface area contributed by atoms with Crippen LogP contribution in [0.1, 0.15) is 155 Å². The molecule has 5 aromatic rings. The molecule has 2 amide bonds. The maximum atomic E-state index is 15.1. The van der Waals surface area contributed by atoms with Gasteiger partial charge in [0, 0.05) is 90.2 Å². The van der Waals surface area contributed by atoms with Gasteiger partial charge in [-0.05, 0) is 155 Å². The lowest BCUT2D eigenvalue weighted by atomic mass is 9.78. The van der Waals surface area contributed by atoms with Gasteiger partial charge in [0.15, 0.2) is 17.0 Å². The quantitative estimate of drug-likeness (QED) is 0.0111. The number of amides is 2. The molecule has 678 valence electrons. The minimum Gasteiger partial charge on any atom is -0.462 e. The first-order chi connectivity index (χ1) is 59.3. The zero-order chi connectivity index (χ0) is 88.1. The summed E-state index contributed by atoms with van der Waals surface area (Å²) in [6.45, 7) is 18.5. The zero-order valence-corrected chi connectivity index (χ0v) is 73.3. The summed E-state index contributed by atoms with van der Waals surface area (Å²) in [4.78, 5) is 102. The first-order valence-corrected chi connectivity index (χ1v) is 43.7. The molecule has 1 saturated carbocycles. The average Bonchev–Trinajstić information content (AvgIpc) is 1.61. The van der Waals surface area contributed by atoms with Crippen LogP contribution in [0.4, 0.5) is 11.8 Å². The number of nitrogens with zero attached hydrogens (tertiary/aromatic N) is 7. The van der Waals surface area contributed by atoms with Crippen molar-refractivity contribution < 1.29 is 110 Å². The molecule has 7 heterocycles. The monoisotopic (exact) mass is 1720 g/mol. The summed E-state index contributed by atoms with van der Waals surface area (Å²) in [6.07, 6.45) is 12.0. The largest absolute Gasteiger partial charge is 0.462 e. The lowest BCUT2D eigenvalue weighted by Gasteiger charge is -2.43. The lowest BCUT2D eigenvalue weighted by molar-refractivity contribution is -0.265. The molecule has 32 heteroatoms. The Morgan fingerprint density at radius 1 is 0.715 bits per heavy atom. The topological polar surface area (TPSA) is 411 Å². The highest BCUT2D eigenvalue weighted by atomic mass is 16.6. The van der Waals surface area contributed by atoms with Crippen LogP contribution in [0.15, 0.2) is 94.7 Å². The van der Waals surface area contributed by atoms with E-state index in [0.29, 0.717) is 189 Å². The predicted molar refractivity (Wildman–Crippen MR) is 457 cm³/mol. The molecule has 10 rings (SSSR count). The maximum absolute atomic E-state index is 15.1. The number of nitrogen functional groups attached to an aromatic ring is 2. The molecule has 5 aliphatic rings. The van der Waals surface area contributed by atoms with E-state index >= 15 is 4.79 Å². The summed E-state index contributed by atoms with van der Waals surface area (Å²) in [5.41, 5.74) is 19.8. The number of aliphatic hydroxyl groups is 3. The first kappa shape index (κ1) is 96.9. The second kappa shape index (κ2) is 48.4. The number of ketones is 2. The molecule has 3 aromatic heterocycles. The second-order valence-electron chi connectivity index (χ2n) is 33.5. The number of piperidine rings is 1. The third kappa shape index (κ3) is 27.6. The maximum Gasteiger partial charge on any atom is 0.329 e. The fraction of sp³-hybridized carbons (Fsp3) is 0.648. The number of cyclic esters (lactones) is 1. The summed E-state index contributed by atoms with van der Waals surface area (Å²) in [5.74, 6) is -8.40. The third-order valence-electron chi connectivity index (χ3n) is 24.2. The Morgan fingerprint density at radius 3 is 2.11 bits per heavy atom. The van der Waals surface area contributed by atoms with E-state index in [1.807, 2.05) is 92.8 Å². The highest BCUT2D eigenvalue weighted by Gasteiger charge is 2.53. The number of hydrogen-bond acceptors (Lipinski definition) is 29. The number of aromatic nitrogens is 5. The molecule has 2 bridgehead atoms. The predicted octanol–water partition coefficient (Wildman–Crippen LogP) is 9.17. The van der Waals surface area contributed by atoms with Gasteiger partial charge in [-0.25, -0.2) is 19.4 Å². The lowest BCUT2D eigenvalue weighted by Crippen LogP contribution is -2.61. The van der Waals surface area contributed by atoms with Crippen LogP contribution in [-0.2, 0) is 110 Å². The van der Waals surface area contributed by atoms with Crippen molar-refractivity contribution in [1.29, 1.82) is 0 Å². The molecule has 2 aromatic carbocycles. The number of ether oxygens (including phenoxy) is 13. The van der Waals surface area contributed by atoms with E-state index < -0.39 is 108 Å². The van der Waals surface area contributed by atoms with Crippen LogP contribution in [0, 0.1) is 35.5 Å². The number of oxazole rings is 1. The van der Waals surface area contributed by atoms with Gasteiger partial charge in [0.25, 0.3) is 17.7 Å². The summed E-state index contributed by atoms with van der Waals surface area (Å²) < 4.78 is 83.8. The van der Waals surface area contributed by atoms with E-state index in [0.717, 1.165) is 27.8 Å². The number of hydrogen-bond donors (Lipinski definition) is 5. The van der Waals surface area contributed by atoms with E-state index in [2.05, 4.69) is 27.1 Å². The van der Waals surface area contributed by atoms with Crippen molar-refractivity contribution in [2.24, 2.45) is 35.5 Å². The number of methoxy groups -OCH3 is 3. The average molecular weight is 1720 g/mol. The van der Waals surface area contributed by atoms with Gasteiger partial charge in [0.2, 0.25) is 11.7 Å². The fourth-order valence-corrected chi connectivity index (χ4v) is 17.0. The summed E-state index contributed by atoms with van der Waals surface area (Å²) in [7, 11) is 4.52. The van der Waals surface area contributed by atoms with Gasteiger partial charge >= 0.3 is 11.9 Å². The van der Waals surface area contributed by atoms with E-state index in [9.17, 15) is 39.3 Å². The number of carbonyl (C=O) groups excluding carboxylic acids is 6. The Kier molecular flexibility index (Phi) is 38.1. The molecule has 123 heavy (non-hydrogen) atoms. The van der Waals surface area contributed by atoms with Gasteiger partial charge in [0.1, 0.15) is 60.4 Å². The van der Waals surface area contributed by atoms with Crippen molar-refractivity contribution >= 4 is 69.3 Å². The van der Waals surface area contributed by atoms with Crippen molar-refractivity contribution in [1.82, 2.24) is 34.5 Å². The molecule has 0 spiro atoms. The normalized spacial score (nSPS) is 28.1. The Bertz CT molecular complexity index is 4380. The van der Waals surface area contributed by atoms with E-state index in [4.69, 9.17) is 82.6 Å². The number of carbonyl (C=O) groups is 6. The molecular weight excluding hydrogens is 1590 g/mol. The minimum absolute atomic E-state index is 0.0305. The zero-order valence-electron chi connectivity index (χ0n) is 73.3. The molecule has 0 unspecified atom stereocenters. The Hall–Kier alpha value is -8.32. The number of Topliss-reactive ketones (excluding diaryl/α,β-unsaturated/α-hetero) is 2. The van der Waals surface area contributed by atoms with Crippen LogP contribution in [0.3, 0.4) is 0 Å². The van der Waals surface area contributed by atoms with Crippen molar-refractivity contribution in [3.8, 4) is 11.3 Å². The van der Waals surface area contributed by atoms with Crippen LogP contribution >= 0.6 is 0 Å². The van der Waals surface area contributed by atoms with Crippen molar-refractivity contribution in [2.45, 2.75) is 219 Å². The number of allylic oxidation sites excluding steroid dienone is 5. The van der Waals surface area contributed by atoms with E-state index in [1.54, 1.807) is 40.2 Å². The minimum atomic E-state index is -2.49. The van der Waals surface area contributed by atoms with Crippen molar-refractivity contribution in [3.63, 3.8) is 0 Å². The number of aliphatic hydroxyl groups excluding tert-OH is 2. The molecule has 16 atom stereocenters. The third-order valence-corrected chi connectivity index (χ3v) is 24.2. The van der Waals surface area contributed by atoms with Gasteiger partial charge in [-0.15, -0.1) is 0 Å². The number of esters is 2. The van der Waals surface area contributed by atoms with Gasteiger partial charge in [-0.2, -0.15) is 10.1 Å². The van der Waals surface area contributed by atoms with Crippen LogP contribution in [0.5, 0.6) is 0 Å². The number of rotatable bonds is 34. The molecule has 7 N–H and O–H groups in total. The molecule has 32 nitrogen and oxygen atoms in total. The number of anilines is 2. The highest BCUT2D eigenvalue weighted by Crippen LogP contribution is 2.40. The van der Waals surface area contributed by atoms with Gasteiger partial charge < -0.3 is 103 Å². The fourth-order valence-electron chi connectivity index (χ4n) is 17.0. The highest BCUT2D eigenvalue weighted by molar-refractivity contribution is 6.39. The first-order valence-electron chi connectivity index (χ1n) is 43.7. The van der Waals surface area contributed by atoms with Crippen LogP contribution in [0.2, 0.25) is 0 Å². The Balaban J connectivity index is 0.632. The summed E-state index contributed by atoms with van der Waals surface area (Å²) in [6, 6.07) is 10.6. The molecule has 1 aliphatic carbocycles. The SMILES string of the molecule is CO[C@H]1C[C@@H]2CC[C@@H](C)[C@@](O)(O2)C(=O)C(=O)N2CCCC[C@H]2C(=O)O[C@H]([C@H](C)C[C@@H]2CC[C@@H](O)[C@H](OC)C2)C[C@@H](OC(=O)CCCOCCOCCOCCOCCOCCOCCOCC(=O)N2CCc3cc(Cn4nc(-c5ccc6oc(N)nc6c5)c5c(N)ncnc54)ccc3C2)[C@H](C)/C=C(\C)[C@@H](O)[C@@H](OC)C(=O)[C@H](C)C[C@H](C)/C=C/C=C/C=C/1C.